The van der Waals surface area contributed by atoms with Crippen molar-refractivity contribution in [3.05, 3.63) is 11.8 Å². The van der Waals surface area contributed by atoms with E-state index in [1.54, 1.807) is 13.3 Å². The minimum Gasteiger partial charge on any atom is -0.481 e. The van der Waals surface area contributed by atoms with E-state index in [4.69, 9.17) is 15.2 Å². The third-order valence-electron chi connectivity index (χ3n) is 2.71. The lowest BCUT2D eigenvalue weighted by Gasteiger charge is -2.27. The van der Waals surface area contributed by atoms with Gasteiger partial charge in [-0.2, -0.15) is 4.98 Å². The van der Waals surface area contributed by atoms with Crippen LogP contribution < -0.4 is 15.4 Å². The molecule has 0 bridgehead atoms. The molecule has 0 saturated carbocycles. The van der Waals surface area contributed by atoms with E-state index in [1.807, 2.05) is 0 Å². The van der Waals surface area contributed by atoms with Crippen molar-refractivity contribution in [1.82, 2.24) is 9.97 Å². The number of hydrogen-bond donors (Lipinski definition) is 1. The van der Waals surface area contributed by atoms with E-state index in [0.29, 0.717) is 18.4 Å². The summed E-state index contributed by atoms with van der Waals surface area (Å²) in [5.74, 6) is 1.32. The van der Waals surface area contributed by atoms with Crippen LogP contribution in [0.25, 0.3) is 0 Å². The number of methoxy groups -OCH3 is 1. The van der Waals surface area contributed by atoms with Crippen molar-refractivity contribution in [3.8, 4) is 5.88 Å². The minimum atomic E-state index is 0.566. The molecule has 0 spiro atoms. The van der Waals surface area contributed by atoms with Gasteiger partial charge in [-0.25, -0.2) is 4.98 Å². The zero-order chi connectivity index (χ0) is 12.1. The lowest BCUT2D eigenvalue weighted by Crippen LogP contribution is -2.37. The monoisotopic (exact) mass is 238 g/mol. The van der Waals surface area contributed by atoms with Crippen molar-refractivity contribution in [2.24, 2.45) is 5.73 Å². The van der Waals surface area contributed by atoms with E-state index in [-0.39, 0.29) is 0 Å². The van der Waals surface area contributed by atoms with Crippen molar-refractivity contribution in [1.29, 1.82) is 0 Å². The van der Waals surface area contributed by atoms with Gasteiger partial charge in [0, 0.05) is 24.8 Å². The van der Waals surface area contributed by atoms with Crippen LogP contribution in [0.15, 0.2) is 6.20 Å². The summed E-state index contributed by atoms with van der Waals surface area (Å²) < 4.78 is 10.6. The molecule has 0 aromatic carbocycles. The maximum absolute atomic E-state index is 5.53. The first-order chi connectivity index (χ1) is 8.35. The molecule has 17 heavy (non-hydrogen) atoms. The van der Waals surface area contributed by atoms with Gasteiger partial charge in [0.2, 0.25) is 11.8 Å². The molecule has 0 aliphatic carbocycles. The van der Waals surface area contributed by atoms with E-state index < -0.39 is 0 Å². The van der Waals surface area contributed by atoms with Gasteiger partial charge in [-0.05, 0) is 13.0 Å². The average Bonchev–Trinajstić information content (AvgIpc) is 2.40. The Hall–Kier alpha value is -1.40. The molecule has 2 heterocycles. The molecule has 2 N–H and O–H groups in total. The van der Waals surface area contributed by atoms with Crippen molar-refractivity contribution in [2.75, 3.05) is 44.9 Å². The van der Waals surface area contributed by atoms with Crippen LogP contribution in [0.5, 0.6) is 5.88 Å². The summed E-state index contributed by atoms with van der Waals surface area (Å²) in [7, 11) is 1.62. The van der Waals surface area contributed by atoms with Gasteiger partial charge >= 0.3 is 0 Å². The number of nitrogens with zero attached hydrogens (tertiary/aromatic N) is 3. The molecule has 6 nitrogen and oxygen atoms in total. The standard InChI is InChI=1S/C11H18N4O2/c1-16-10-9(2-3-12)8-13-11(14-10)15-4-6-17-7-5-15/h8H,2-7,12H2,1H3. The molecule has 94 valence electrons. The zero-order valence-corrected chi connectivity index (χ0v) is 10.1. The van der Waals surface area contributed by atoms with Crippen LogP contribution in [0, 0.1) is 0 Å². The minimum absolute atomic E-state index is 0.566. The number of hydrogen-bond acceptors (Lipinski definition) is 6. The molecule has 2 rings (SSSR count). The molecular formula is C11H18N4O2. The highest BCUT2D eigenvalue weighted by Crippen LogP contribution is 2.19. The second kappa shape index (κ2) is 5.79. The van der Waals surface area contributed by atoms with Crippen LogP contribution >= 0.6 is 0 Å². The van der Waals surface area contributed by atoms with Crippen molar-refractivity contribution < 1.29 is 9.47 Å². The molecule has 1 aromatic rings. The molecule has 1 saturated heterocycles. The summed E-state index contributed by atoms with van der Waals surface area (Å²) in [6.45, 7) is 3.64. The van der Waals surface area contributed by atoms with Crippen LogP contribution in [0.4, 0.5) is 5.95 Å². The molecule has 6 heteroatoms. The number of ether oxygens (including phenoxy) is 2. The summed E-state index contributed by atoms with van der Waals surface area (Å²) in [6, 6.07) is 0. The van der Waals surface area contributed by atoms with Crippen LogP contribution in [-0.4, -0.2) is 49.9 Å². The van der Waals surface area contributed by atoms with Crippen LogP contribution in [0.3, 0.4) is 0 Å². The molecule has 0 amide bonds. The fourth-order valence-electron chi connectivity index (χ4n) is 1.80. The molecule has 1 fully saturated rings. The van der Waals surface area contributed by atoms with Gasteiger partial charge in [0.1, 0.15) is 0 Å². The van der Waals surface area contributed by atoms with Gasteiger partial charge in [-0.1, -0.05) is 0 Å². The summed E-state index contributed by atoms with van der Waals surface area (Å²) >= 11 is 0. The molecule has 1 aromatic heterocycles. The number of rotatable bonds is 4. The predicted octanol–water partition coefficient (Wildman–Crippen LogP) is -0.177. The molecule has 0 atom stereocenters. The average molecular weight is 238 g/mol. The Morgan fingerprint density at radius 3 is 2.88 bits per heavy atom. The Labute approximate surface area is 101 Å². The third kappa shape index (κ3) is 2.83. The van der Waals surface area contributed by atoms with Crippen LogP contribution in [0.1, 0.15) is 5.56 Å². The quantitative estimate of drug-likeness (QED) is 0.784. The fraction of sp³-hybridized carbons (Fsp3) is 0.636. The second-order valence-corrected chi connectivity index (χ2v) is 3.84. The topological polar surface area (TPSA) is 73.5 Å². The smallest absolute Gasteiger partial charge is 0.228 e. The van der Waals surface area contributed by atoms with Gasteiger partial charge in [-0.3, -0.25) is 0 Å². The first-order valence-electron chi connectivity index (χ1n) is 5.78. The van der Waals surface area contributed by atoms with Crippen LogP contribution in [0.2, 0.25) is 0 Å². The fourth-order valence-corrected chi connectivity index (χ4v) is 1.80. The van der Waals surface area contributed by atoms with Gasteiger partial charge in [-0.15, -0.1) is 0 Å². The molecule has 0 radical (unpaired) electrons. The summed E-state index contributed by atoms with van der Waals surface area (Å²) in [6.07, 6.45) is 2.52. The third-order valence-corrected chi connectivity index (χ3v) is 2.71. The van der Waals surface area contributed by atoms with Gasteiger partial charge in [0.25, 0.3) is 0 Å². The normalized spacial score (nSPS) is 16.0. The Morgan fingerprint density at radius 2 is 2.24 bits per heavy atom. The Morgan fingerprint density at radius 1 is 1.47 bits per heavy atom. The van der Waals surface area contributed by atoms with Gasteiger partial charge in [0.05, 0.1) is 20.3 Å². The lowest BCUT2D eigenvalue weighted by atomic mass is 10.2. The first-order valence-corrected chi connectivity index (χ1v) is 5.78. The van der Waals surface area contributed by atoms with Crippen LogP contribution in [-0.2, 0) is 11.2 Å². The van der Waals surface area contributed by atoms with Gasteiger partial charge in [0.15, 0.2) is 0 Å². The Bertz CT molecular complexity index is 366. The molecule has 1 aliphatic heterocycles. The summed E-state index contributed by atoms with van der Waals surface area (Å²) in [4.78, 5) is 10.9. The Balaban J connectivity index is 2.17. The highest BCUT2D eigenvalue weighted by atomic mass is 16.5. The van der Waals surface area contributed by atoms with E-state index in [1.165, 1.54) is 0 Å². The number of morpholine rings is 1. The maximum atomic E-state index is 5.53. The Kier molecular flexibility index (Phi) is 4.11. The SMILES string of the molecule is COc1nc(N2CCOCC2)ncc1CCN. The predicted molar refractivity (Wildman–Crippen MR) is 64.4 cm³/mol. The first kappa shape index (κ1) is 12.1. The summed E-state index contributed by atoms with van der Waals surface area (Å²) in [5.41, 5.74) is 6.48. The van der Waals surface area contributed by atoms with E-state index in [2.05, 4.69) is 14.9 Å². The molecule has 0 unspecified atom stereocenters. The van der Waals surface area contributed by atoms with Gasteiger partial charge < -0.3 is 20.1 Å². The van der Waals surface area contributed by atoms with Crippen molar-refractivity contribution >= 4 is 5.95 Å². The second-order valence-electron chi connectivity index (χ2n) is 3.84. The number of anilines is 1. The molecular weight excluding hydrogens is 220 g/mol. The van der Waals surface area contributed by atoms with E-state index in [0.717, 1.165) is 38.3 Å². The highest BCUT2D eigenvalue weighted by Gasteiger charge is 2.15. The maximum Gasteiger partial charge on any atom is 0.228 e. The van der Waals surface area contributed by atoms with Crippen molar-refractivity contribution in [2.45, 2.75) is 6.42 Å². The summed E-state index contributed by atoms with van der Waals surface area (Å²) in [5, 5.41) is 0. The number of aromatic nitrogens is 2. The highest BCUT2D eigenvalue weighted by molar-refractivity contribution is 5.36. The largest absolute Gasteiger partial charge is 0.481 e. The zero-order valence-electron chi connectivity index (χ0n) is 10.1. The van der Waals surface area contributed by atoms with E-state index >= 15 is 0 Å². The van der Waals surface area contributed by atoms with Crippen molar-refractivity contribution in [3.63, 3.8) is 0 Å². The lowest BCUT2D eigenvalue weighted by molar-refractivity contribution is 0.122. The van der Waals surface area contributed by atoms with E-state index in [9.17, 15) is 0 Å². The molecule has 1 aliphatic rings. The number of nitrogens with two attached hydrogens (primary N) is 1.